The number of hydrogen-bond donors (Lipinski definition) is 2. The van der Waals surface area contributed by atoms with Gasteiger partial charge in [0.15, 0.2) is 0 Å². The van der Waals surface area contributed by atoms with Gasteiger partial charge < -0.3 is 5.32 Å². The summed E-state index contributed by atoms with van der Waals surface area (Å²) >= 11 is 11.9. The number of carbonyl (C=O) groups excluding carboxylic acids is 2. The van der Waals surface area contributed by atoms with E-state index in [1.54, 1.807) is 5.32 Å². The zero-order valence-electron chi connectivity index (χ0n) is 13.8. The lowest BCUT2D eigenvalue weighted by molar-refractivity contribution is -0.213. The third-order valence-electron chi connectivity index (χ3n) is 4.26. The molecule has 0 aliphatic carbocycles. The highest BCUT2D eigenvalue weighted by atomic mass is 35.5. The minimum Gasteiger partial charge on any atom is -0.312 e. The minimum absolute atomic E-state index is 0.0351. The number of pyridine rings is 1. The molecule has 0 bridgehead atoms. The molecule has 3 aromatic rings. The van der Waals surface area contributed by atoms with E-state index in [-0.39, 0.29) is 21.1 Å². The zero-order valence-corrected chi connectivity index (χ0v) is 15.3. The molecular weight excluding hydrogens is 441 g/mol. The standard InChI is InChI=1S/C16H7Cl2F4N5O2/c17-6-4-5-8-11(10(6)18)24-14-25-13(29)15(27(8)14,16(20,21)22)26-12(28)7-2-1-3-9(19)23-7/h1-5H,(H,26,28)(H,24,25,29). The summed E-state index contributed by atoms with van der Waals surface area (Å²) in [7, 11) is 0. The van der Waals surface area contributed by atoms with Gasteiger partial charge in [0.25, 0.3) is 17.5 Å². The molecule has 0 fully saturated rings. The van der Waals surface area contributed by atoms with Gasteiger partial charge in [0.05, 0.1) is 15.6 Å². The summed E-state index contributed by atoms with van der Waals surface area (Å²) in [6.07, 6.45) is -5.31. The third-order valence-corrected chi connectivity index (χ3v) is 5.05. The van der Waals surface area contributed by atoms with Crippen LogP contribution in [0.15, 0.2) is 30.3 Å². The Balaban J connectivity index is 1.94. The van der Waals surface area contributed by atoms with Crippen LogP contribution in [0.4, 0.5) is 23.5 Å². The van der Waals surface area contributed by atoms with E-state index in [1.807, 2.05) is 5.32 Å². The molecule has 0 spiro atoms. The Hall–Kier alpha value is -2.92. The average Bonchev–Trinajstić information content (AvgIpc) is 3.13. The van der Waals surface area contributed by atoms with Crippen molar-refractivity contribution in [2.75, 3.05) is 5.32 Å². The number of imidazole rings is 1. The molecule has 1 unspecified atom stereocenters. The van der Waals surface area contributed by atoms with Crippen molar-refractivity contribution in [3.05, 3.63) is 52.0 Å². The molecule has 2 aromatic heterocycles. The smallest absolute Gasteiger partial charge is 0.312 e. The van der Waals surface area contributed by atoms with Gasteiger partial charge in [-0.25, -0.2) is 9.97 Å². The predicted molar refractivity (Wildman–Crippen MR) is 94.1 cm³/mol. The Morgan fingerprint density at radius 3 is 2.55 bits per heavy atom. The van der Waals surface area contributed by atoms with E-state index < -0.39 is 41.2 Å². The van der Waals surface area contributed by atoms with Crippen LogP contribution in [0, 0.1) is 5.95 Å². The van der Waals surface area contributed by atoms with Crippen molar-refractivity contribution in [1.29, 1.82) is 0 Å². The monoisotopic (exact) mass is 447 g/mol. The fraction of sp³-hybridized carbons (Fsp3) is 0.125. The number of nitrogens with one attached hydrogen (secondary N) is 2. The van der Waals surface area contributed by atoms with E-state index in [0.717, 1.165) is 18.2 Å². The topological polar surface area (TPSA) is 88.9 Å². The number of carbonyl (C=O) groups is 2. The normalized spacial score (nSPS) is 18.6. The number of alkyl halides is 3. The van der Waals surface area contributed by atoms with Crippen LogP contribution in [0.5, 0.6) is 0 Å². The van der Waals surface area contributed by atoms with Crippen molar-refractivity contribution in [1.82, 2.24) is 19.9 Å². The third kappa shape index (κ3) is 2.72. The fourth-order valence-corrected chi connectivity index (χ4v) is 3.36. The van der Waals surface area contributed by atoms with Gasteiger partial charge in [-0.1, -0.05) is 29.3 Å². The lowest BCUT2D eigenvalue weighted by Gasteiger charge is -2.31. The highest BCUT2D eigenvalue weighted by Crippen LogP contribution is 2.45. The lowest BCUT2D eigenvalue weighted by atomic mass is 10.1. The van der Waals surface area contributed by atoms with Crippen molar-refractivity contribution < 1.29 is 27.2 Å². The molecule has 4 rings (SSSR count). The number of rotatable bonds is 2. The maximum atomic E-state index is 14.2. The largest absolute Gasteiger partial charge is 0.440 e. The molecule has 2 N–H and O–H groups in total. The summed E-state index contributed by atoms with van der Waals surface area (Å²) in [5, 5.41) is 3.52. The molecule has 1 aliphatic heterocycles. The SMILES string of the molecule is O=C(NC1(C(F)(F)F)C(=O)Nc2nc3c(Cl)c(Cl)ccc3n21)c1cccc(F)n1. The van der Waals surface area contributed by atoms with Crippen LogP contribution >= 0.6 is 23.2 Å². The number of amides is 2. The van der Waals surface area contributed by atoms with Gasteiger partial charge in [-0.2, -0.15) is 17.6 Å². The Kier molecular flexibility index (Phi) is 4.21. The van der Waals surface area contributed by atoms with Crippen LogP contribution in [0.1, 0.15) is 10.5 Å². The molecule has 13 heteroatoms. The quantitative estimate of drug-likeness (QED) is 0.464. The number of halogens is 6. The van der Waals surface area contributed by atoms with Crippen molar-refractivity contribution in [3.63, 3.8) is 0 Å². The maximum Gasteiger partial charge on any atom is 0.440 e. The molecule has 0 radical (unpaired) electrons. The molecule has 1 aromatic carbocycles. The fourth-order valence-electron chi connectivity index (χ4n) is 3.01. The van der Waals surface area contributed by atoms with Crippen LogP contribution in [-0.2, 0) is 10.5 Å². The van der Waals surface area contributed by atoms with Crippen LogP contribution in [0.3, 0.4) is 0 Å². The molecule has 1 atom stereocenters. The number of fused-ring (bicyclic) bond motifs is 3. The molecular formula is C16H7Cl2F4N5O2. The molecule has 29 heavy (non-hydrogen) atoms. The Labute approximate surface area is 168 Å². The Bertz CT molecular complexity index is 1200. The number of aromatic nitrogens is 3. The highest BCUT2D eigenvalue weighted by molar-refractivity contribution is 6.45. The van der Waals surface area contributed by atoms with Gasteiger partial charge in [0.2, 0.25) is 11.9 Å². The van der Waals surface area contributed by atoms with Crippen molar-refractivity contribution in [2.24, 2.45) is 0 Å². The number of hydrogen-bond acceptors (Lipinski definition) is 4. The number of benzene rings is 1. The minimum atomic E-state index is -5.31. The van der Waals surface area contributed by atoms with E-state index in [0.29, 0.717) is 4.57 Å². The molecule has 150 valence electrons. The van der Waals surface area contributed by atoms with E-state index in [4.69, 9.17) is 23.2 Å². The predicted octanol–water partition coefficient (Wildman–Crippen LogP) is 3.47. The van der Waals surface area contributed by atoms with Gasteiger partial charge in [-0.15, -0.1) is 0 Å². The van der Waals surface area contributed by atoms with Crippen LogP contribution < -0.4 is 10.6 Å². The van der Waals surface area contributed by atoms with E-state index in [1.165, 1.54) is 12.1 Å². The van der Waals surface area contributed by atoms with Gasteiger partial charge in [0.1, 0.15) is 11.2 Å². The van der Waals surface area contributed by atoms with Crippen molar-refractivity contribution >= 4 is 52.0 Å². The van der Waals surface area contributed by atoms with Gasteiger partial charge in [-0.3, -0.25) is 19.5 Å². The first-order valence-corrected chi connectivity index (χ1v) is 8.52. The van der Waals surface area contributed by atoms with Crippen LogP contribution in [0.25, 0.3) is 11.0 Å². The summed E-state index contributed by atoms with van der Waals surface area (Å²) in [6, 6.07) is 5.39. The van der Waals surface area contributed by atoms with Crippen LogP contribution in [0.2, 0.25) is 10.0 Å². The summed E-state index contributed by atoms with van der Waals surface area (Å²) < 4.78 is 56.4. The molecule has 0 saturated heterocycles. The van der Waals surface area contributed by atoms with E-state index >= 15 is 0 Å². The number of nitrogens with zero attached hydrogens (tertiary/aromatic N) is 3. The summed E-state index contributed by atoms with van der Waals surface area (Å²) in [6.45, 7) is 0. The number of anilines is 1. The molecule has 1 aliphatic rings. The van der Waals surface area contributed by atoms with Crippen LogP contribution in [-0.4, -0.2) is 32.5 Å². The first kappa shape index (κ1) is 19.4. The second kappa shape index (κ2) is 6.29. The summed E-state index contributed by atoms with van der Waals surface area (Å²) in [5.41, 5.74) is -4.54. The van der Waals surface area contributed by atoms with Gasteiger partial charge >= 0.3 is 6.18 Å². The summed E-state index contributed by atoms with van der Waals surface area (Å²) in [5.74, 6) is -4.61. The molecule has 0 saturated carbocycles. The lowest BCUT2D eigenvalue weighted by Crippen LogP contribution is -2.63. The van der Waals surface area contributed by atoms with Gasteiger partial charge in [-0.05, 0) is 24.3 Å². The molecule has 2 amide bonds. The summed E-state index contributed by atoms with van der Waals surface area (Å²) in [4.78, 5) is 32.0. The van der Waals surface area contributed by atoms with Crippen molar-refractivity contribution in [2.45, 2.75) is 11.8 Å². The second-order valence-corrected chi connectivity index (χ2v) is 6.75. The Morgan fingerprint density at radius 2 is 1.90 bits per heavy atom. The zero-order chi connectivity index (χ0) is 21.1. The molecule has 3 heterocycles. The van der Waals surface area contributed by atoms with Gasteiger partial charge in [0, 0.05) is 0 Å². The Morgan fingerprint density at radius 1 is 1.17 bits per heavy atom. The average molecular weight is 448 g/mol. The van der Waals surface area contributed by atoms with Crippen molar-refractivity contribution in [3.8, 4) is 0 Å². The molecule has 7 nitrogen and oxygen atoms in total. The maximum absolute atomic E-state index is 14.2. The second-order valence-electron chi connectivity index (χ2n) is 5.96. The first-order chi connectivity index (χ1) is 13.6. The highest BCUT2D eigenvalue weighted by Gasteiger charge is 2.67. The van der Waals surface area contributed by atoms with E-state index in [2.05, 4.69) is 9.97 Å². The van der Waals surface area contributed by atoms with E-state index in [9.17, 15) is 27.2 Å². The first-order valence-electron chi connectivity index (χ1n) is 7.76.